The fraction of sp³-hybridized carbons (Fsp3) is 0.611. The van der Waals surface area contributed by atoms with Gasteiger partial charge in [-0.1, -0.05) is 6.07 Å². The lowest BCUT2D eigenvalue weighted by molar-refractivity contribution is 0.171. The zero-order valence-corrected chi connectivity index (χ0v) is 16.4. The van der Waals surface area contributed by atoms with Crippen LogP contribution in [0.2, 0.25) is 0 Å². The molecule has 144 valence electrons. The molecule has 1 aromatic rings. The Morgan fingerprint density at radius 1 is 1.27 bits per heavy atom. The van der Waals surface area contributed by atoms with Crippen molar-refractivity contribution in [1.82, 2.24) is 10.2 Å². The van der Waals surface area contributed by atoms with Gasteiger partial charge in [-0.3, -0.25) is 4.99 Å². The van der Waals surface area contributed by atoms with Crippen molar-refractivity contribution in [2.75, 3.05) is 45.6 Å². The minimum atomic E-state index is -3.06. The Kier molecular flexibility index (Phi) is 5.32. The number of sulfone groups is 1. The predicted molar refractivity (Wildman–Crippen MR) is 102 cm³/mol. The highest BCUT2D eigenvalue weighted by molar-refractivity contribution is 7.92. The Morgan fingerprint density at radius 3 is 2.69 bits per heavy atom. The smallest absolute Gasteiger partial charge is 0.193 e. The van der Waals surface area contributed by atoms with Crippen molar-refractivity contribution in [3.05, 3.63) is 23.8 Å². The first-order valence-corrected chi connectivity index (χ1v) is 10.5. The molecule has 2 aliphatic rings. The number of nitrogens with zero attached hydrogens (tertiary/aromatic N) is 2. The van der Waals surface area contributed by atoms with E-state index in [2.05, 4.69) is 10.3 Å². The number of hydrogen-bond donors (Lipinski definition) is 1. The summed E-state index contributed by atoms with van der Waals surface area (Å²) in [5, 5.41) is 3.34. The summed E-state index contributed by atoms with van der Waals surface area (Å²) in [7, 11) is -1.33. The summed E-state index contributed by atoms with van der Waals surface area (Å²) in [5.41, 5.74) is 1.15. The normalized spacial score (nSPS) is 21.3. The van der Waals surface area contributed by atoms with Gasteiger partial charge in [-0.05, 0) is 38.0 Å². The van der Waals surface area contributed by atoms with Crippen LogP contribution in [0.1, 0.15) is 19.4 Å². The second-order valence-corrected chi connectivity index (χ2v) is 9.95. The lowest BCUT2D eigenvalue weighted by Gasteiger charge is -2.39. The SMILES string of the molecule is CN=C(NCCc1ccc2c(c1)OCCO2)N1CCS(=O)(=O)C(C)(C)C1. The molecule has 0 radical (unpaired) electrons. The molecular weight excluding hydrogens is 354 g/mol. The molecule has 3 rings (SSSR count). The number of ether oxygens (including phenoxy) is 2. The lowest BCUT2D eigenvalue weighted by Crippen LogP contribution is -2.57. The first-order valence-electron chi connectivity index (χ1n) is 8.89. The number of fused-ring (bicyclic) bond motifs is 1. The molecule has 0 bridgehead atoms. The number of rotatable bonds is 3. The van der Waals surface area contributed by atoms with Crippen LogP contribution in [0.25, 0.3) is 0 Å². The Morgan fingerprint density at radius 2 is 2.00 bits per heavy atom. The topological polar surface area (TPSA) is 80.2 Å². The average molecular weight is 381 g/mol. The fourth-order valence-electron chi connectivity index (χ4n) is 3.22. The zero-order valence-electron chi connectivity index (χ0n) is 15.6. The Bertz CT molecular complexity index is 790. The molecule has 2 aliphatic heterocycles. The fourth-order valence-corrected chi connectivity index (χ4v) is 4.58. The van der Waals surface area contributed by atoms with Gasteiger partial charge in [0.15, 0.2) is 27.3 Å². The van der Waals surface area contributed by atoms with Gasteiger partial charge in [-0.15, -0.1) is 0 Å². The number of benzene rings is 1. The van der Waals surface area contributed by atoms with Gasteiger partial charge in [0.25, 0.3) is 0 Å². The molecule has 1 fully saturated rings. The Hall–Kier alpha value is -1.96. The van der Waals surface area contributed by atoms with E-state index in [4.69, 9.17) is 9.47 Å². The van der Waals surface area contributed by atoms with Crippen molar-refractivity contribution in [1.29, 1.82) is 0 Å². The number of aliphatic imine (C=N–C) groups is 1. The Labute approximate surface area is 155 Å². The van der Waals surface area contributed by atoms with Crippen LogP contribution in [0, 0.1) is 0 Å². The third-order valence-electron chi connectivity index (χ3n) is 4.86. The van der Waals surface area contributed by atoms with E-state index < -0.39 is 14.6 Å². The zero-order chi connectivity index (χ0) is 18.8. The maximum absolute atomic E-state index is 12.2. The second-order valence-electron chi connectivity index (χ2n) is 7.20. The van der Waals surface area contributed by atoms with Crippen LogP contribution in [-0.4, -0.2) is 69.7 Å². The summed E-state index contributed by atoms with van der Waals surface area (Å²) in [5.74, 6) is 2.48. The van der Waals surface area contributed by atoms with Crippen molar-refractivity contribution in [2.24, 2.45) is 4.99 Å². The quantitative estimate of drug-likeness (QED) is 0.624. The van der Waals surface area contributed by atoms with E-state index in [0.29, 0.717) is 32.8 Å². The summed E-state index contributed by atoms with van der Waals surface area (Å²) < 4.78 is 34.7. The number of nitrogens with one attached hydrogen (secondary N) is 1. The first-order chi connectivity index (χ1) is 12.3. The molecule has 0 saturated carbocycles. The van der Waals surface area contributed by atoms with Crippen LogP contribution in [0.15, 0.2) is 23.2 Å². The van der Waals surface area contributed by atoms with Gasteiger partial charge < -0.3 is 19.7 Å². The van der Waals surface area contributed by atoms with Crippen molar-refractivity contribution in [3.8, 4) is 11.5 Å². The highest BCUT2D eigenvalue weighted by atomic mass is 32.2. The molecule has 0 unspecified atom stereocenters. The van der Waals surface area contributed by atoms with E-state index >= 15 is 0 Å². The van der Waals surface area contributed by atoms with E-state index in [9.17, 15) is 8.42 Å². The molecule has 7 nitrogen and oxygen atoms in total. The molecule has 0 aromatic heterocycles. The van der Waals surface area contributed by atoms with E-state index in [1.807, 2.05) is 23.1 Å². The van der Waals surface area contributed by atoms with E-state index in [-0.39, 0.29) is 5.75 Å². The van der Waals surface area contributed by atoms with Gasteiger partial charge in [0.2, 0.25) is 0 Å². The predicted octanol–water partition coefficient (Wildman–Crippen LogP) is 1.08. The molecule has 1 aromatic carbocycles. The largest absolute Gasteiger partial charge is 0.486 e. The third kappa shape index (κ3) is 3.90. The second kappa shape index (κ2) is 7.34. The third-order valence-corrected chi connectivity index (χ3v) is 7.39. The molecule has 26 heavy (non-hydrogen) atoms. The maximum Gasteiger partial charge on any atom is 0.193 e. The summed E-state index contributed by atoms with van der Waals surface area (Å²) >= 11 is 0. The summed E-state index contributed by atoms with van der Waals surface area (Å²) in [6.07, 6.45) is 0.811. The average Bonchev–Trinajstić information content (AvgIpc) is 2.61. The van der Waals surface area contributed by atoms with Crippen molar-refractivity contribution < 1.29 is 17.9 Å². The van der Waals surface area contributed by atoms with E-state index in [1.54, 1.807) is 20.9 Å². The monoisotopic (exact) mass is 381 g/mol. The van der Waals surface area contributed by atoms with Gasteiger partial charge in [0, 0.05) is 26.7 Å². The standard InChI is InChI=1S/C18H27N3O4S/c1-18(2)13-21(8-11-26(18,22)23)17(19-3)20-7-6-14-4-5-15-16(12-14)25-10-9-24-15/h4-5,12H,6-11,13H2,1-3H3,(H,19,20). The minimum absolute atomic E-state index is 0.156. The van der Waals surface area contributed by atoms with Gasteiger partial charge in [0.05, 0.1) is 10.5 Å². The first kappa shape index (κ1) is 18.8. The summed E-state index contributed by atoms with van der Waals surface area (Å²) in [6.45, 7) is 6.33. The van der Waals surface area contributed by atoms with Crippen molar-refractivity contribution in [2.45, 2.75) is 25.0 Å². The number of hydrogen-bond acceptors (Lipinski definition) is 5. The molecule has 1 N–H and O–H groups in total. The van der Waals surface area contributed by atoms with Crippen LogP contribution in [-0.2, 0) is 16.3 Å². The summed E-state index contributed by atoms with van der Waals surface area (Å²) in [6, 6.07) is 5.99. The van der Waals surface area contributed by atoms with Crippen LogP contribution >= 0.6 is 0 Å². The molecule has 0 amide bonds. The van der Waals surface area contributed by atoms with Gasteiger partial charge in [0.1, 0.15) is 13.2 Å². The molecule has 8 heteroatoms. The highest BCUT2D eigenvalue weighted by Crippen LogP contribution is 2.30. The van der Waals surface area contributed by atoms with E-state index in [1.165, 1.54) is 0 Å². The van der Waals surface area contributed by atoms with E-state index in [0.717, 1.165) is 29.4 Å². The van der Waals surface area contributed by atoms with Crippen LogP contribution in [0.4, 0.5) is 0 Å². The Balaban J connectivity index is 1.57. The molecule has 0 atom stereocenters. The summed E-state index contributed by atoms with van der Waals surface area (Å²) in [4.78, 5) is 6.34. The molecular formula is C18H27N3O4S. The molecule has 0 aliphatic carbocycles. The van der Waals surface area contributed by atoms with Crippen molar-refractivity contribution >= 4 is 15.8 Å². The number of guanidine groups is 1. The highest BCUT2D eigenvalue weighted by Gasteiger charge is 2.40. The molecule has 0 spiro atoms. The van der Waals surface area contributed by atoms with Gasteiger partial charge in [-0.2, -0.15) is 0 Å². The minimum Gasteiger partial charge on any atom is -0.486 e. The van der Waals surface area contributed by atoms with Crippen molar-refractivity contribution in [3.63, 3.8) is 0 Å². The van der Waals surface area contributed by atoms with Crippen LogP contribution in [0.5, 0.6) is 11.5 Å². The van der Waals surface area contributed by atoms with Crippen LogP contribution < -0.4 is 14.8 Å². The lowest BCUT2D eigenvalue weighted by atomic mass is 10.1. The van der Waals surface area contributed by atoms with Gasteiger partial charge in [-0.25, -0.2) is 8.42 Å². The maximum atomic E-state index is 12.2. The van der Waals surface area contributed by atoms with Gasteiger partial charge >= 0.3 is 0 Å². The molecule has 2 heterocycles. The van der Waals surface area contributed by atoms with Crippen LogP contribution in [0.3, 0.4) is 0 Å². The molecule has 1 saturated heterocycles.